The van der Waals surface area contributed by atoms with Crippen molar-refractivity contribution in [1.29, 1.82) is 0 Å². The number of hydrogen-bond acceptors (Lipinski definition) is 3. The molecular formula is C10H12O2S. The first kappa shape index (κ1) is 10.1. The molecule has 0 atom stereocenters. The van der Waals surface area contributed by atoms with E-state index in [0.717, 1.165) is 16.0 Å². The predicted molar refractivity (Wildman–Crippen MR) is 54.5 cm³/mol. The van der Waals surface area contributed by atoms with Crippen LogP contribution in [-0.4, -0.2) is 13.1 Å². The number of aryl methyl sites for hydroxylation is 2. The van der Waals surface area contributed by atoms with E-state index in [-0.39, 0.29) is 5.97 Å². The molecule has 70 valence electrons. The Bertz CT molecular complexity index is 322. The molecule has 1 aromatic carbocycles. The van der Waals surface area contributed by atoms with Crippen molar-refractivity contribution in [2.45, 2.75) is 18.7 Å². The molecule has 0 aromatic heterocycles. The molecule has 0 unspecified atom stereocenters. The minimum absolute atomic E-state index is 0.306. The third kappa shape index (κ3) is 2.04. The molecule has 0 spiro atoms. The molecule has 0 amide bonds. The minimum Gasteiger partial charge on any atom is -0.465 e. The number of thiol groups is 1. The summed E-state index contributed by atoms with van der Waals surface area (Å²) in [4.78, 5) is 12.1. The first-order valence-corrected chi connectivity index (χ1v) is 4.39. The highest BCUT2D eigenvalue weighted by Gasteiger charge is 2.08. The molecule has 0 saturated carbocycles. The SMILES string of the molecule is COC(=O)c1cc(C)c(S)c(C)c1. The second-order valence-corrected chi connectivity index (χ2v) is 3.40. The van der Waals surface area contributed by atoms with Crippen LogP contribution in [0.3, 0.4) is 0 Å². The van der Waals surface area contributed by atoms with Gasteiger partial charge in [-0.1, -0.05) is 0 Å². The van der Waals surface area contributed by atoms with E-state index in [1.54, 1.807) is 12.1 Å². The Balaban J connectivity index is 3.20. The van der Waals surface area contributed by atoms with Gasteiger partial charge in [0.1, 0.15) is 0 Å². The number of ether oxygens (including phenoxy) is 1. The number of methoxy groups -OCH3 is 1. The molecule has 1 aromatic rings. The van der Waals surface area contributed by atoms with Crippen LogP contribution >= 0.6 is 12.6 Å². The molecule has 0 fully saturated rings. The van der Waals surface area contributed by atoms with Crippen molar-refractivity contribution in [3.05, 3.63) is 28.8 Å². The van der Waals surface area contributed by atoms with Gasteiger partial charge in [-0.25, -0.2) is 4.79 Å². The van der Waals surface area contributed by atoms with E-state index in [2.05, 4.69) is 17.4 Å². The molecule has 0 aliphatic rings. The van der Waals surface area contributed by atoms with Gasteiger partial charge in [0, 0.05) is 4.90 Å². The van der Waals surface area contributed by atoms with E-state index in [1.807, 2.05) is 13.8 Å². The predicted octanol–water partition coefficient (Wildman–Crippen LogP) is 2.38. The normalized spacial score (nSPS) is 9.85. The van der Waals surface area contributed by atoms with E-state index in [1.165, 1.54) is 7.11 Å². The van der Waals surface area contributed by atoms with Crippen molar-refractivity contribution >= 4 is 18.6 Å². The van der Waals surface area contributed by atoms with Crippen LogP contribution in [0, 0.1) is 13.8 Å². The summed E-state index contributed by atoms with van der Waals surface area (Å²) in [6.07, 6.45) is 0. The third-order valence-electron chi connectivity index (χ3n) is 1.91. The Morgan fingerprint density at radius 2 is 1.77 bits per heavy atom. The van der Waals surface area contributed by atoms with Crippen molar-refractivity contribution in [3.8, 4) is 0 Å². The Morgan fingerprint density at radius 1 is 1.31 bits per heavy atom. The number of hydrogen-bond donors (Lipinski definition) is 1. The van der Waals surface area contributed by atoms with E-state index >= 15 is 0 Å². The summed E-state index contributed by atoms with van der Waals surface area (Å²) in [6, 6.07) is 3.56. The van der Waals surface area contributed by atoms with E-state index in [4.69, 9.17) is 0 Å². The molecular weight excluding hydrogens is 184 g/mol. The number of rotatable bonds is 1. The fourth-order valence-corrected chi connectivity index (χ4v) is 1.32. The van der Waals surface area contributed by atoms with Gasteiger partial charge < -0.3 is 4.74 Å². The van der Waals surface area contributed by atoms with Crippen molar-refractivity contribution in [3.63, 3.8) is 0 Å². The Morgan fingerprint density at radius 3 is 2.15 bits per heavy atom. The van der Waals surface area contributed by atoms with E-state index in [0.29, 0.717) is 5.56 Å². The van der Waals surface area contributed by atoms with Crippen molar-refractivity contribution in [2.75, 3.05) is 7.11 Å². The van der Waals surface area contributed by atoms with Gasteiger partial charge in [-0.3, -0.25) is 0 Å². The van der Waals surface area contributed by atoms with Gasteiger partial charge >= 0.3 is 5.97 Å². The van der Waals surface area contributed by atoms with E-state index < -0.39 is 0 Å². The van der Waals surface area contributed by atoms with Gasteiger partial charge in [-0.05, 0) is 37.1 Å². The number of carbonyl (C=O) groups excluding carboxylic acids is 1. The van der Waals surface area contributed by atoms with Crippen LogP contribution < -0.4 is 0 Å². The molecule has 0 N–H and O–H groups in total. The molecule has 3 heteroatoms. The highest BCUT2D eigenvalue weighted by atomic mass is 32.1. The molecule has 0 aliphatic heterocycles. The maximum Gasteiger partial charge on any atom is 0.337 e. The molecule has 0 heterocycles. The standard InChI is InChI=1S/C10H12O2S/c1-6-4-8(10(11)12-3)5-7(2)9(6)13/h4-5,13H,1-3H3. The Kier molecular flexibility index (Phi) is 2.98. The summed E-state index contributed by atoms with van der Waals surface area (Å²) < 4.78 is 4.62. The third-order valence-corrected chi connectivity index (χ3v) is 2.62. The Labute approximate surface area is 83.3 Å². The monoisotopic (exact) mass is 196 g/mol. The van der Waals surface area contributed by atoms with Gasteiger partial charge in [0.15, 0.2) is 0 Å². The number of carbonyl (C=O) groups is 1. The van der Waals surface area contributed by atoms with Crippen LogP contribution in [0.15, 0.2) is 17.0 Å². The smallest absolute Gasteiger partial charge is 0.337 e. The highest BCUT2D eigenvalue weighted by molar-refractivity contribution is 7.80. The fourth-order valence-electron chi connectivity index (χ4n) is 1.19. The molecule has 2 nitrogen and oxygen atoms in total. The summed E-state index contributed by atoms with van der Waals surface area (Å²) in [7, 11) is 1.38. The summed E-state index contributed by atoms with van der Waals surface area (Å²) in [6.45, 7) is 3.84. The van der Waals surface area contributed by atoms with Crippen molar-refractivity contribution < 1.29 is 9.53 Å². The second kappa shape index (κ2) is 3.83. The van der Waals surface area contributed by atoms with Crippen LogP contribution in [0.5, 0.6) is 0 Å². The van der Waals surface area contributed by atoms with E-state index in [9.17, 15) is 4.79 Å². The van der Waals surface area contributed by atoms with Gasteiger partial charge in [0.25, 0.3) is 0 Å². The first-order valence-electron chi connectivity index (χ1n) is 3.94. The zero-order valence-corrected chi connectivity index (χ0v) is 8.81. The summed E-state index contributed by atoms with van der Waals surface area (Å²) in [5.41, 5.74) is 2.56. The average molecular weight is 196 g/mol. The topological polar surface area (TPSA) is 26.3 Å². The van der Waals surface area contributed by atoms with Crippen LogP contribution in [0.4, 0.5) is 0 Å². The Hall–Kier alpha value is -0.960. The van der Waals surface area contributed by atoms with Gasteiger partial charge in [0.2, 0.25) is 0 Å². The average Bonchev–Trinajstić information content (AvgIpc) is 2.12. The second-order valence-electron chi connectivity index (χ2n) is 2.95. The maximum atomic E-state index is 11.2. The lowest BCUT2D eigenvalue weighted by atomic mass is 10.1. The number of benzene rings is 1. The fraction of sp³-hybridized carbons (Fsp3) is 0.300. The van der Waals surface area contributed by atoms with Crippen LogP contribution in [0.2, 0.25) is 0 Å². The van der Waals surface area contributed by atoms with Crippen molar-refractivity contribution in [2.24, 2.45) is 0 Å². The first-order chi connectivity index (χ1) is 6.06. The lowest BCUT2D eigenvalue weighted by Gasteiger charge is -2.06. The van der Waals surface area contributed by atoms with Crippen LogP contribution in [-0.2, 0) is 4.74 Å². The van der Waals surface area contributed by atoms with Gasteiger partial charge in [-0.15, -0.1) is 12.6 Å². The molecule has 0 saturated heterocycles. The minimum atomic E-state index is -0.306. The molecule has 0 aliphatic carbocycles. The maximum absolute atomic E-state index is 11.2. The summed E-state index contributed by atoms with van der Waals surface area (Å²) in [5.74, 6) is -0.306. The van der Waals surface area contributed by atoms with Crippen LogP contribution in [0.25, 0.3) is 0 Å². The lowest BCUT2D eigenvalue weighted by molar-refractivity contribution is 0.0600. The molecule has 13 heavy (non-hydrogen) atoms. The van der Waals surface area contributed by atoms with Crippen molar-refractivity contribution in [1.82, 2.24) is 0 Å². The summed E-state index contributed by atoms with van der Waals surface area (Å²) in [5, 5.41) is 0. The van der Waals surface area contributed by atoms with Gasteiger partial charge in [0.05, 0.1) is 12.7 Å². The zero-order chi connectivity index (χ0) is 10.0. The lowest BCUT2D eigenvalue weighted by Crippen LogP contribution is -2.02. The molecule has 1 rings (SSSR count). The van der Waals surface area contributed by atoms with Crippen LogP contribution in [0.1, 0.15) is 21.5 Å². The summed E-state index contributed by atoms with van der Waals surface area (Å²) >= 11 is 4.30. The highest BCUT2D eigenvalue weighted by Crippen LogP contribution is 2.20. The zero-order valence-electron chi connectivity index (χ0n) is 7.92. The quantitative estimate of drug-likeness (QED) is 0.551. The van der Waals surface area contributed by atoms with Gasteiger partial charge in [-0.2, -0.15) is 0 Å². The molecule has 0 radical (unpaired) electrons. The number of esters is 1. The molecule has 0 bridgehead atoms. The largest absolute Gasteiger partial charge is 0.465 e.